The minimum atomic E-state index is 0.259. The number of thiol groups is 1. The van der Waals surface area contributed by atoms with Crippen LogP contribution in [0.3, 0.4) is 0 Å². The van der Waals surface area contributed by atoms with Gasteiger partial charge in [-0.05, 0) is 55.6 Å². The average Bonchev–Trinajstić information content (AvgIpc) is 3.18. The quantitative estimate of drug-likeness (QED) is 0.757. The lowest BCUT2D eigenvalue weighted by molar-refractivity contribution is -0.133. The van der Waals surface area contributed by atoms with Gasteiger partial charge in [0.25, 0.3) is 0 Å². The molecule has 0 aromatic heterocycles. The molecule has 0 atom stereocenters. The molecule has 18 heavy (non-hydrogen) atoms. The fraction of sp³-hybridized carbons (Fsp3) is 0.933. The lowest BCUT2D eigenvalue weighted by Crippen LogP contribution is -2.40. The third kappa shape index (κ3) is 3.23. The van der Waals surface area contributed by atoms with Crippen LogP contribution in [-0.4, -0.2) is 29.6 Å². The summed E-state index contributed by atoms with van der Waals surface area (Å²) in [6.45, 7) is 2.28. The smallest absolute Gasteiger partial charge is 0.223 e. The van der Waals surface area contributed by atoms with Gasteiger partial charge in [0.2, 0.25) is 5.91 Å². The molecular weight excluding hydrogens is 242 g/mol. The van der Waals surface area contributed by atoms with Gasteiger partial charge < -0.3 is 4.90 Å². The summed E-state index contributed by atoms with van der Waals surface area (Å²) in [6, 6.07) is 0.496. The van der Waals surface area contributed by atoms with Crippen molar-refractivity contribution in [3.05, 3.63) is 0 Å². The van der Waals surface area contributed by atoms with Crippen molar-refractivity contribution in [1.82, 2.24) is 4.90 Å². The number of nitrogens with zero attached hydrogens (tertiary/aromatic N) is 1. The van der Waals surface area contributed by atoms with Crippen LogP contribution in [0.1, 0.15) is 58.3 Å². The molecule has 0 spiro atoms. The van der Waals surface area contributed by atoms with Crippen LogP contribution < -0.4 is 0 Å². The first-order chi connectivity index (χ1) is 8.60. The lowest BCUT2D eigenvalue weighted by atomic mass is 9.84. The second-order valence-electron chi connectivity index (χ2n) is 6.42. The summed E-state index contributed by atoms with van der Waals surface area (Å²) in [4.78, 5) is 14.3. The standard InChI is InChI=1S/C15H27NOS/c1-3-12-4-6-13(7-5-12)16(2)14(17)10-15(11-18)8-9-15/h12-13,18H,3-11H2,1-2H3. The molecule has 0 aliphatic heterocycles. The molecule has 0 bridgehead atoms. The van der Waals surface area contributed by atoms with Gasteiger partial charge in [0.05, 0.1) is 0 Å². The topological polar surface area (TPSA) is 20.3 Å². The molecule has 2 rings (SSSR count). The van der Waals surface area contributed by atoms with E-state index in [-0.39, 0.29) is 5.41 Å². The van der Waals surface area contributed by atoms with Crippen LogP contribution in [0, 0.1) is 11.3 Å². The zero-order valence-corrected chi connectivity index (χ0v) is 12.7. The first-order valence-electron chi connectivity index (χ1n) is 7.47. The normalized spacial score (nSPS) is 29.9. The Hall–Kier alpha value is -0.180. The third-order valence-corrected chi connectivity index (χ3v) is 5.82. The highest BCUT2D eigenvalue weighted by Crippen LogP contribution is 2.50. The van der Waals surface area contributed by atoms with Gasteiger partial charge in [0, 0.05) is 19.5 Å². The zero-order valence-electron chi connectivity index (χ0n) is 11.8. The number of rotatable bonds is 5. The predicted octanol–water partition coefficient (Wildman–Crippen LogP) is 3.51. The minimum Gasteiger partial charge on any atom is -0.343 e. The summed E-state index contributed by atoms with van der Waals surface area (Å²) in [5.74, 6) is 2.12. The van der Waals surface area contributed by atoms with Gasteiger partial charge in [-0.25, -0.2) is 0 Å². The maximum absolute atomic E-state index is 12.3. The van der Waals surface area contributed by atoms with E-state index in [0.717, 1.165) is 18.1 Å². The average molecular weight is 269 g/mol. The van der Waals surface area contributed by atoms with Crippen LogP contribution in [0.15, 0.2) is 0 Å². The van der Waals surface area contributed by atoms with Gasteiger partial charge in [0.15, 0.2) is 0 Å². The van der Waals surface area contributed by atoms with Gasteiger partial charge >= 0.3 is 0 Å². The molecule has 2 nitrogen and oxygen atoms in total. The van der Waals surface area contributed by atoms with E-state index in [4.69, 9.17) is 0 Å². The second kappa shape index (κ2) is 5.85. The molecule has 0 saturated heterocycles. The number of amides is 1. The molecule has 2 aliphatic carbocycles. The highest BCUT2D eigenvalue weighted by Gasteiger charge is 2.44. The van der Waals surface area contributed by atoms with Crippen LogP contribution in [0.5, 0.6) is 0 Å². The van der Waals surface area contributed by atoms with Gasteiger partial charge in [-0.1, -0.05) is 13.3 Å². The van der Waals surface area contributed by atoms with Crippen LogP contribution in [0.25, 0.3) is 0 Å². The first kappa shape index (κ1) is 14.2. The van der Waals surface area contributed by atoms with Crippen LogP contribution in [0.4, 0.5) is 0 Å². The summed E-state index contributed by atoms with van der Waals surface area (Å²) >= 11 is 4.39. The highest BCUT2D eigenvalue weighted by atomic mass is 32.1. The molecule has 2 fully saturated rings. The van der Waals surface area contributed by atoms with Gasteiger partial charge in [0.1, 0.15) is 0 Å². The van der Waals surface area contributed by atoms with Gasteiger partial charge in [-0.15, -0.1) is 0 Å². The van der Waals surface area contributed by atoms with Crippen LogP contribution in [-0.2, 0) is 4.79 Å². The molecular formula is C15H27NOS. The van der Waals surface area contributed by atoms with Crippen molar-refractivity contribution in [2.24, 2.45) is 11.3 Å². The summed E-state index contributed by atoms with van der Waals surface area (Å²) in [7, 11) is 2.01. The van der Waals surface area contributed by atoms with Crippen molar-refractivity contribution in [3.8, 4) is 0 Å². The second-order valence-corrected chi connectivity index (χ2v) is 6.74. The van der Waals surface area contributed by atoms with E-state index in [1.54, 1.807) is 0 Å². The Bertz CT molecular complexity index is 293. The molecule has 0 radical (unpaired) electrons. The van der Waals surface area contributed by atoms with E-state index in [0.29, 0.717) is 11.9 Å². The Morgan fingerprint density at radius 2 is 1.89 bits per heavy atom. The van der Waals surface area contributed by atoms with E-state index in [9.17, 15) is 4.79 Å². The maximum atomic E-state index is 12.3. The molecule has 0 aromatic rings. The van der Waals surface area contributed by atoms with Crippen molar-refractivity contribution in [2.45, 2.75) is 64.3 Å². The number of carbonyl (C=O) groups is 1. The molecule has 0 unspecified atom stereocenters. The van der Waals surface area contributed by atoms with Crippen LogP contribution >= 0.6 is 12.6 Å². The largest absolute Gasteiger partial charge is 0.343 e. The Labute approximate surface area is 117 Å². The Morgan fingerprint density at radius 1 is 1.28 bits per heavy atom. The SMILES string of the molecule is CCC1CCC(N(C)C(=O)CC2(CS)CC2)CC1. The predicted molar refractivity (Wildman–Crippen MR) is 78.9 cm³/mol. The fourth-order valence-corrected chi connectivity index (χ4v) is 3.59. The molecule has 0 aromatic carbocycles. The molecule has 0 heterocycles. The maximum Gasteiger partial charge on any atom is 0.223 e. The summed E-state index contributed by atoms with van der Waals surface area (Å²) in [6.07, 6.45) is 9.42. The molecule has 3 heteroatoms. The monoisotopic (exact) mass is 269 g/mol. The van der Waals surface area contributed by atoms with E-state index >= 15 is 0 Å². The van der Waals surface area contributed by atoms with E-state index in [1.807, 2.05) is 11.9 Å². The molecule has 1 amide bonds. The zero-order chi connectivity index (χ0) is 13.2. The fourth-order valence-electron chi connectivity index (χ4n) is 3.16. The van der Waals surface area contributed by atoms with Crippen molar-refractivity contribution >= 4 is 18.5 Å². The first-order valence-corrected chi connectivity index (χ1v) is 8.10. The van der Waals surface area contributed by atoms with E-state index < -0.39 is 0 Å². The number of carbonyl (C=O) groups excluding carboxylic acids is 1. The van der Waals surface area contributed by atoms with Crippen molar-refractivity contribution in [2.75, 3.05) is 12.8 Å². The van der Waals surface area contributed by atoms with Crippen LogP contribution in [0.2, 0.25) is 0 Å². The van der Waals surface area contributed by atoms with Gasteiger partial charge in [-0.2, -0.15) is 12.6 Å². The Kier molecular flexibility index (Phi) is 4.63. The van der Waals surface area contributed by atoms with E-state index in [2.05, 4.69) is 19.6 Å². The number of hydrogen-bond acceptors (Lipinski definition) is 2. The van der Waals surface area contributed by atoms with E-state index in [1.165, 1.54) is 44.9 Å². The highest BCUT2D eigenvalue weighted by molar-refractivity contribution is 7.80. The Morgan fingerprint density at radius 3 is 2.33 bits per heavy atom. The summed E-state index contributed by atoms with van der Waals surface area (Å²) in [5.41, 5.74) is 0.259. The third-order valence-electron chi connectivity index (χ3n) is 5.15. The Balaban J connectivity index is 1.80. The summed E-state index contributed by atoms with van der Waals surface area (Å²) < 4.78 is 0. The molecule has 0 N–H and O–H groups in total. The molecule has 2 saturated carbocycles. The number of hydrogen-bond donors (Lipinski definition) is 1. The van der Waals surface area contributed by atoms with Gasteiger partial charge in [-0.3, -0.25) is 4.79 Å². The molecule has 104 valence electrons. The summed E-state index contributed by atoms with van der Waals surface area (Å²) in [5, 5.41) is 0. The van der Waals surface area contributed by atoms with Crippen molar-refractivity contribution in [3.63, 3.8) is 0 Å². The van der Waals surface area contributed by atoms with Crippen molar-refractivity contribution in [1.29, 1.82) is 0 Å². The molecule has 2 aliphatic rings. The van der Waals surface area contributed by atoms with Crippen molar-refractivity contribution < 1.29 is 4.79 Å². The minimum absolute atomic E-state index is 0.259. The lowest BCUT2D eigenvalue weighted by Gasteiger charge is -2.35.